The van der Waals surface area contributed by atoms with Gasteiger partial charge in [0.1, 0.15) is 6.04 Å². The molecule has 2 aromatic rings. The summed E-state index contributed by atoms with van der Waals surface area (Å²) in [6.45, 7) is 4.81. The zero-order chi connectivity index (χ0) is 14.8. The van der Waals surface area contributed by atoms with Crippen LogP contribution in [0.15, 0.2) is 22.0 Å². The van der Waals surface area contributed by atoms with Crippen LogP contribution in [0.5, 0.6) is 0 Å². The Balaban J connectivity index is 1.85. The van der Waals surface area contributed by atoms with Crippen molar-refractivity contribution in [2.45, 2.75) is 45.1 Å². The lowest BCUT2D eigenvalue weighted by atomic mass is 10.0. The molecule has 0 spiro atoms. The Labute approximate surface area is 128 Å². The van der Waals surface area contributed by atoms with E-state index in [0.29, 0.717) is 11.7 Å². The maximum Gasteiger partial charge on any atom is 0.264 e. The van der Waals surface area contributed by atoms with E-state index in [4.69, 9.17) is 4.52 Å². The van der Waals surface area contributed by atoms with Crippen molar-refractivity contribution in [3.05, 3.63) is 34.1 Å². The Morgan fingerprint density at radius 1 is 1.48 bits per heavy atom. The highest BCUT2D eigenvalue weighted by Crippen LogP contribution is 2.32. The molecule has 1 aliphatic rings. The fourth-order valence-electron chi connectivity index (χ4n) is 2.59. The highest BCUT2D eigenvalue weighted by atomic mass is 32.1. The molecule has 1 aliphatic heterocycles. The Hall–Kier alpha value is -1.69. The number of nitrogens with zero attached hydrogens (tertiary/aromatic N) is 3. The van der Waals surface area contributed by atoms with Gasteiger partial charge in [0.15, 0.2) is 5.82 Å². The minimum absolute atomic E-state index is 0.0685. The van der Waals surface area contributed by atoms with Gasteiger partial charge in [-0.3, -0.25) is 4.79 Å². The molecule has 1 fully saturated rings. The number of piperidine rings is 1. The van der Waals surface area contributed by atoms with Crippen molar-refractivity contribution in [2.75, 3.05) is 6.54 Å². The molecule has 1 atom stereocenters. The molecule has 21 heavy (non-hydrogen) atoms. The average molecular weight is 305 g/mol. The Kier molecular flexibility index (Phi) is 4.05. The fourth-order valence-corrected chi connectivity index (χ4v) is 3.27. The topological polar surface area (TPSA) is 59.2 Å². The highest BCUT2D eigenvalue weighted by molar-refractivity contribution is 7.12. The van der Waals surface area contributed by atoms with Gasteiger partial charge >= 0.3 is 0 Å². The molecule has 0 N–H and O–H groups in total. The quantitative estimate of drug-likeness (QED) is 0.869. The van der Waals surface area contributed by atoms with E-state index in [1.165, 1.54) is 11.3 Å². The smallest absolute Gasteiger partial charge is 0.264 e. The van der Waals surface area contributed by atoms with Crippen LogP contribution in [0.2, 0.25) is 0 Å². The van der Waals surface area contributed by atoms with E-state index in [2.05, 4.69) is 10.1 Å². The maximum absolute atomic E-state index is 12.6. The van der Waals surface area contributed by atoms with E-state index in [0.717, 1.165) is 30.7 Å². The van der Waals surface area contributed by atoms with Gasteiger partial charge in [0, 0.05) is 12.5 Å². The van der Waals surface area contributed by atoms with Crippen LogP contribution in [-0.2, 0) is 0 Å². The third kappa shape index (κ3) is 2.85. The number of carbonyl (C=O) groups is 1. The van der Waals surface area contributed by atoms with Gasteiger partial charge in [0.2, 0.25) is 5.89 Å². The summed E-state index contributed by atoms with van der Waals surface area (Å²) in [6.07, 6.45) is 2.99. The van der Waals surface area contributed by atoms with Gasteiger partial charge < -0.3 is 9.42 Å². The molecule has 0 bridgehead atoms. The van der Waals surface area contributed by atoms with E-state index in [-0.39, 0.29) is 17.9 Å². The summed E-state index contributed by atoms with van der Waals surface area (Å²) >= 11 is 1.47. The van der Waals surface area contributed by atoms with Crippen LogP contribution in [0.3, 0.4) is 0 Å². The molecule has 0 radical (unpaired) electrons. The zero-order valence-corrected chi connectivity index (χ0v) is 13.1. The second kappa shape index (κ2) is 5.97. The number of carbonyl (C=O) groups excluding carboxylic acids is 1. The van der Waals surface area contributed by atoms with Gasteiger partial charge in [0.25, 0.3) is 5.91 Å². The highest BCUT2D eigenvalue weighted by Gasteiger charge is 2.33. The van der Waals surface area contributed by atoms with Crippen LogP contribution >= 0.6 is 11.3 Å². The molecule has 1 amide bonds. The van der Waals surface area contributed by atoms with Crippen molar-refractivity contribution < 1.29 is 9.32 Å². The van der Waals surface area contributed by atoms with Gasteiger partial charge in [-0.1, -0.05) is 25.1 Å². The normalized spacial score (nSPS) is 19.2. The fraction of sp³-hybridized carbons (Fsp3) is 0.533. The molecule has 0 saturated carbocycles. The van der Waals surface area contributed by atoms with Gasteiger partial charge in [-0.25, -0.2) is 0 Å². The van der Waals surface area contributed by atoms with Crippen LogP contribution in [0, 0.1) is 0 Å². The zero-order valence-electron chi connectivity index (χ0n) is 12.3. The van der Waals surface area contributed by atoms with Gasteiger partial charge in [0.05, 0.1) is 4.88 Å². The Bertz CT molecular complexity index is 606. The third-order valence-electron chi connectivity index (χ3n) is 3.75. The van der Waals surface area contributed by atoms with Crippen LogP contribution in [0.25, 0.3) is 0 Å². The second-order valence-electron chi connectivity index (χ2n) is 5.63. The molecular formula is C15H19N3O2S. The Morgan fingerprint density at radius 2 is 2.33 bits per heavy atom. The lowest BCUT2D eigenvalue weighted by Crippen LogP contribution is -2.38. The summed E-state index contributed by atoms with van der Waals surface area (Å²) in [4.78, 5) is 19.8. The van der Waals surface area contributed by atoms with Crippen LogP contribution in [-0.4, -0.2) is 27.5 Å². The summed E-state index contributed by atoms with van der Waals surface area (Å²) in [5, 5.41) is 5.95. The largest absolute Gasteiger partial charge is 0.337 e. The molecule has 0 aromatic carbocycles. The number of rotatable bonds is 3. The Morgan fingerprint density at radius 3 is 3.00 bits per heavy atom. The molecular weight excluding hydrogens is 286 g/mol. The van der Waals surface area contributed by atoms with Crippen molar-refractivity contribution in [3.63, 3.8) is 0 Å². The predicted octanol–water partition coefficient (Wildman–Crippen LogP) is 3.62. The molecule has 0 aliphatic carbocycles. The number of hydrogen-bond acceptors (Lipinski definition) is 5. The number of thiophene rings is 1. The van der Waals surface area contributed by atoms with Crippen molar-refractivity contribution in [3.8, 4) is 0 Å². The number of amides is 1. The van der Waals surface area contributed by atoms with E-state index < -0.39 is 0 Å². The molecule has 6 heteroatoms. The number of hydrogen-bond donors (Lipinski definition) is 0. The monoisotopic (exact) mass is 305 g/mol. The van der Waals surface area contributed by atoms with E-state index >= 15 is 0 Å². The molecule has 3 rings (SSSR count). The maximum atomic E-state index is 12.6. The molecule has 112 valence electrons. The molecule has 2 aromatic heterocycles. The lowest BCUT2D eigenvalue weighted by molar-refractivity contribution is 0.0566. The first-order valence-electron chi connectivity index (χ1n) is 7.35. The van der Waals surface area contributed by atoms with Crippen molar-refractivity contribution in [2.24, 2.45) is 0 Å². The van der Waals surface area contributed by atoms with E-state index in [1.54, 1.807) is 0 Å². The first-order valence-corrected chi connectivity index (χ1v) is 8.22. The van der Waals surface area contributed by atoms with Crippen molar-refractivity contribution in [1.82, 2.24) is 15.0 Å². The van der Waals surface area contributed by atoms with Crippen LogP contribution in [0.1, 0.15) is 66.5 Å². The number of aromatic nitrogens is 2. The second-order valence-corrected chi connectivity index (χ2v) is 6.58. The third-order valence-corrected chi connectivity index (χ3v) is 4.61. The molecule has 3 heterocycles. The summed E-state index contributed by atoms with van der Waals surface area (Å²) in [5.41, 5.74) is 0. The van der Waals surface area contributed by atoms with Gasteiger partial charge in [-0.05, 0) is 30.7 Å². The minimum atomic E-state index is -0.0895. The standard InChI is InChI=1S/C15H19N3O2S/c1-10(2)13-16-14(20-17-13)11-6-3-4-8-18(11)15(19)12-7-5-9-21-12/h5,7,9-11H,3-4,6,8H2,1-2H3. The summed E-state index contributed by atoms with van der Waals surface area (Å²) in [7, 11) is 0. The van der Waals surface area contributed by atoms with Crippen LogP contribution in [0.4, 0.5) is 0 Å². The summed E-state index contributed by atoms with van der Waals surface area (Å²) < 4.78 is 5.41. The van der Waals surface area contributed by atoms with Crippen molar-refractivity contribution in [1.29, 1.82) is 0 Å². The molecule has 1 unspecified atom stereocenters. The van der Waals surface area contributed by atoms with Gasteiger partial charge in [-0.15, -0.1) is 11.3 Å². The number of likely N-dealkylation sites (tertiary alicyclic amines) is 1. The minimum Gasteiger partial charge on any atom is -0.337 e. The first kappa shape index (κ1) is 14.3. The lowest BCUT2D eigenvalue weighted by Gasteiger charge is -2.33. The van der Waals surface area contributed by atoms with E-state index in [1.807, 2.05) is 36.3 Å². The van der Waals surface area contributed by atoms with Crippen LogP contribution < -0.4 is 0 Å². The summed E-state index contributed by atoms with van der Waals surface area (Å²) in [6, 6.07) is 3.68. The first-order chi connectivity index (χ1) is 10.2. The van der Waals surface area contributed by atoms with E-state index in [9.17, 15) is 4.79 Å². The SMILES string of the molecule is CC(C)c1noc(C2CCCCN2C(=O)c2cccs2)n1. The molecule has 1 saturated heterocycles. The average Bonchev–Trinajstić information content (AvgIpc) is 3.18. The van der Waals surface area contributed by atoms with Crippen molar-refractivity contribution >= 4 is 17.2 Å². The van der Waals surface area contributed by atoms with Gasteiger partial charge in [-0.2, -0.15) is 4.98 Å². The predicted molar refractivity (Wildman–Crippen MR) is 80.3 cm³/mol. The summed E-state index contributed by atoms with van der Waals surface area (Å²) in [5.74, 6) is 1.58. The molecule has 5 nitrogen and oxygen atoms in total.